The fraction of sp³-hybridized carbons (Fsp3) is 0.944. The van der Waals surface area contributed by atoms with Crippen LogP contribution in [0.15, 0.2) is 0 Å². The first kappa shape index (κ1) is 18.5. The van der Waals surface area contributed by atoms with Crippen LogP contribution in [-0.4, -0.2) is 65.8 Å². The van der Waals surface area contributed by atoms with E-state index in [1.54, 1.807) is 0 Å². The van der Waals surface area contributed by atoms with Crippen LogP contribution in [0.25, 0.3) is 0 Å². The Labute approximate surface area is 141 Å². The first-order valence-corrected chi connectivity index (χ1v) is 9.22. The minimum Gasteiger partial charge on any atom is -0.444 e. The second-order valence-corrected chi connectivity index (χ2v) is 8.33. The monoisotopic (exact) mass is 325 g/mol. The van der Waals surface area contributed by atoms with Gasteiger partial charge in [-0.3, -0.25) is 9.80 Å². The van der Waals surface area contributed by atoms with Crippen molar-refractivity contribution < 1.29 is 9.53 Å². The Morgan fingerprint density at radius 1 is 1.13 bits per heavy atom. The van der Waals surface area contributed by atoms with E-state index in [1.165, 1.54) is 25.9 Å². The van der Waals surface area contributed by atoms with E-state index in [2.05, 4.69) is 29.0 Å². The lowest BCUT2D eigenvalue weighted by Gasteiger charge is -2.43. The summed E-state index contributed by atoms with van der Waals surface area (Å²) >= 11 is 0. The van der Waals surface area contributed by atoms with Gasteiger partial charge >= 0.3 is 6.09 Å². The summed E-state index contributed by atoms with van der Waals surface area (Å²) in [6.45, 7) is 14.9. The van der Waals surface area contributed by atoms with Gasteiger partial charge in [-0.25, -0.2) is 4.79 Å². The summed E-state index contributed by atoms with van der Waals surface area (Å²) in [5, 5.41) is 3.07. The van der Waals surface area contributed by atoms with Gasteiger partial charge in [0, 0.05) is 44.3 Å². The molecule has 0 radical (unpaired) electrons. The number of nitrogens with one attached hydrogen (secondary N) is 1. The third-order valence-electron chi connectivity index (χ3n) is 4.96. The van der Waals surface area contributed by atoms with E-state index in [0.29, 0.717) is 12.1 Å². The molecule has 2 fully saturated rings. The third kappa shape index (κ3) is 5.96. The van der Waals surface area contributed by atoms with E-state index in [-0.39, 0.29) is 12.1 Å². The summed E-state index contributed by atoms with van der Waals surface area (Å²) in [5.74, 6) is 0. The van der Waals surface area contributed by atoms with Gasteiger partial charge in [0.2, 0.25) is 0 Å². The Hall–Kier alpha value is -0.810. The van der Waals surface area contributed by atoms with Crippen molar-refractivity contribution in [2.24, 2.45) is 0 Å². The van der Waals surface area contributed by atoms with Crippen LogP contribution in [0, 0.1) is 0 Å². The predicted octanol–water partition coefficient (Wildman–Crippen LogP) is 2.85. The summed E-state index contributed by atoms with van der Waals surface area (Å²) < 4.78 is 5.39. The highest BCUT2D eigenvalue weighted by Crippen LogP contribution is 2.25. The molecule has 1 saturated heterocycles. The molecule has 1 amide bonds. The Bertz CT molecular complexity index is 384. The van der Waals surface area contributed by atoms with Gasteiger partial charge in [0.15, 0.2) is 0 Å². The molecule has 1 unspecified atom stereocenters. The molecular formula is C18H35N3O2. The molecule has 1 aliphatic heterocycles. The van der Waals surface area contributed by atoms with Crippen molar-refractivity contribution in [2.45, 2.75) is 84.0 Å². The van der Waals surface area contributed by atoms with Crippen LogP contribution in [0.3, 0.4) is 0 Å². The van der Waals surface area contributed by atoms with Crippen molar-refractivity contribution in [1.29, 1.82) is 0 Å². The lowest BCUT2D eigenvalue weighted by Crippen LogP contribution is -2.54. The van der Waals surface area contributed by atoms with Crippen molar-refractivity contribution in [3.05, 3.63) is 0 Å². The fourth-order valence-corrected chi connectivity index (χ4v) is 3.72. The minimum atomic E-state index is -0.425. The van der Waals surface area contributed by atoms with Crippen LogP contribution in [-0.2, 0) is 4.74 Å². The Morgan fingerprint density at radius 3 is 2.35 bits per heavy atom. The average Bonchev–Trinajstić information content (AvgIpc) is 2.45. The van der Waals surface area contributed by atoms with E-state index < -0.39 is 5.60 Å². The predicted molar refractivity (Wildman–Crippen MR) is 93.7 cm³/mol. The zero-order chi connectivity index (χ0) is 17.0. The molecule has 2 aliphatic rings. The maximum Gasteiger partial charge on any atom is 0.407 e. The molecular weight excluding hydrogens is 290 g/mol. The number of hydrogen-bond donors (Lipinski definition) is 1. The Kier molecular flexibility index (Phi) is 6.32. The molecule has 1 N–H and O–H groups in total. The van der Waals surface area contributed by atoms with Gasteiger partial charge < -0.3 is 10.1 Å². The number of piperazine rings is 1. The first-order chi connectivity index (χ1) is 10.7. The largest absolute Gasteiger partial charge is 0.444 e. The molecule has 5 nitrogen and oxygen atoms in total. The van der Waals surface area contributed by atoms with Crippen molar-refractivity contribution in [3.8, 4) is 0 Å². The Morgan fingerprint density at radius 2 is 1.78 bits per heavy atom. The van der Waals surface area contributed by atoms with Crippen LogP contribution in [0.5, 0.6) is 0 Å². The topological polar surface area (TPSA) is 44.8 Å². The lowest BCUT2D eigenvalue weighted by molar-refractivity contribution is 0.0407. The van der Waals surface area contributed by atoms with Crippen molar-refractivity contribution in [1.82, 2.24) is 15.1 Å². The summed E-state index contributed by atoms with van der Waals surface area (Å²) in [6.07, 6.45) is 4.31. The number of alkyl carbamates (subject to hydrolysis) is 1. The number of amides is 1. The molecule has 1 aliphatic carbocycles. The van der Waals surface area contributed by atoms with E-state index in [4.69, 9.17) is 4.74 Å². The number of ether oxygens (including phenoxy) is 1. The fourth-order valence-electron chi connectivity index (χ4n) is 3.72. The molecule has 1 heterocycles. The van der Waals surface area contributed by atoms with Crippen LogP contribution >= 0.6 is 0 Å². The SMILES string of the molecule is CC(C)N1CCN([C@H]2CCCC(NC(=O)OC(C)(C)C)C2)CC1. The second kappa shape index (κ2) is 7.84. The zero-order valence-corrected chi connectivity index (χ0v) is 15.6. The number of carbonyl (C=O) groups is 1. The Balaban J connectivity index is 1.79. The van der Waals surface area contributed by atoms with Crippen LogP contribution in [0.1, 0.15) is 60.3 Å². The maximum absolute atomic E-state index is 12.0. The highest BCUT2D eigenvalue weighted by atomic mass is 16.6. The highest BCUT2D eigenvalue weighted by Gasteiger charge is 2.30. The number of rotatable bonds is 3. The number of nitrogens with zero attached hydrogens (tertiary/aromatic N) is 2. The van der Waals surface area contributed by atoms with E-state index in [1.807, 2.05) is 20.8 Å². The average molecular weight is 325 g/mol. The van der Waals surface area contributed by atoms with Gasteiger partial charge in [-0.05, 0) is 60.3 Å². The molecule has 0 aromatic rings. The number of carbonyl (C=O) groups excluding carboxylic acids is 1. The maximum atomic E-state index is 12.0. The van der Waals surface area contributed by atoms with Gasteiger partial charge in [0.1, 0.15) is 5.60 Å². The van der Waals surface area contributed by atoms with E-state index >= 15 is 0 Å². The van der Waals surface area contributed by atoms with Crippen LogP contribution < -0.4 is 5.32 Å². The van der Waals surface area contributed by atoms with Crippen LogP contribution in [0.4, 0.5) is 4.79 Å². The van der Waals surface area contributed by atoms with Gasteiger partial charge in [0.25, 0.3) is 0 Å². The molecule has 1 saturated carbocycles. The smallest absolute Gasteiger partial charge is 0.407 e. The standard InChI is InChI=1S/C18H35N3O2/c1-14(2)20-9-11-21(12-10-20)16-8-6-7-15(13-16)19-17(22)23-18(3,4)5/h14-16H,6-13H2,1-5H3,(H,19,22)/t15?,16-/m0/s1. The van der Waals surface area contributed by atoms with Crippen molar-refractivity contribution in [2.75, 3.05) is 26.2 Å². The van der Waals surface area contributed by atoms with Crippen molar-refractivity contribution in [3.63, 3.8) is 0 Å². The molecule has 0 spiro atoms. The second-order valence-electron chi connectivity index (χ2n) is 8.33. The minimum absolute atomic E-state index is 0.256. The van der Waals surface area contributed by atoms with Gasteiger partial charge in [0.05, 0.1) is 0 Å². The quantitative estimate of drug-likeness (QED) is 0.866. The molecule has 23 heavy (non-hydrogen) atoms. The zero-order valence-electron chi connectivity index (χ0n) is 15.6. The highest BCUT2D eigenvalue weighted by molar-refractivity contribution is 5.68. The summed E-state index contributed by atoms with van der Waals surface area (Å²) in [4.78, 5) is 17.2. The van der Waals surface area contributed by atoms with Gasteiger partial charge in [-0.1, -0.05) is 0 Å². The van der Waals surface area contributed by atoms with E-state index in [9.17, 15) is 4.79 Å². The van der Waals surface area contributed by atoms with Gasteiger partial charge in [-0.15, -0.1) is 0 Å². The lowest BCUT2D eigenvalue weighted by atomic mass is 9.89. The third-order valence-corrected chi connectivity index (χ3v) is 4.96. The molecule has 0 bridgehead atoms. The first-order valence-electron chi connectivity index (χ1n) is 9.22. The number of hydrogen-bond acceptors (Lipinski definition) is 4. The van der Waals surface area contributed by atoms with E-state index in [0.717, 1.165) is 25.9 Å². The van der Waals surface area contributed by atoms with Gasteiger partial charge in [-0.2, -0.15) is 0 Å². The molecule has 0 aromatic carbocycles. The normalized spacial score (nSPS) is 27.9. The molecule has 0 aromatic heterocycles. The van der Waals surface area contributed by atoms with Crippen molar-refractivity contribution >= 4 is 6.09 Å². The summed E-state index contributed by atoms with van der Waals surface area (Å²) in [6, 6.07) is 1.51. The molecule has 134 valence electrons. The molecule has 5 heteroatoms. The van der Waals surface area contributed by atoms with Crippen LogP contribution in [0.2, 0.25) is 0 Å². The summed E-state index contributed by atoms with van der Waals surface area (Å²) in [5.41, 5.74) is -0.425. The summed E-state index contributed by atoms with van der Waals surface area (Å²) in [7, 11) is 0. The molecule has 2 rings (SSSR count). The molecule has 2 atom stereocenters.